The molecule has 122 valence electrons. The van der Waals surface area contributed by atoms with E-state index >= 15 is 0 Å². The van der Waals surface area contributed by atoms with Crippen molar-refractivity contribution in [1.82, 2.24) is 10.6 Å². The summed E-state index contributed by atoms with van der Waals surface area (Å²) in [5.74, 6) is 0.695. The van der Waals surface area contributed by atoms with E-state index in [0.29, 0.717) is 23.0 Å². The zero-order valence-electron chi connectivity index (χ0n) is 13.2. The maximum atomic E-state index is 12.6. The number of amides is 1. The van der Waals surface area contributed by atoms with Crippen LogP contribution in [0.4, 0.5) is 0 Å². The standard InChI is InChI=1S/C18H23N3O2/c19-11-12-2-1-3-14(8-12)18(23)21-17(15-9-16(22)10-15)13-4-6-20-7-5-13/h1-3,8,13,15-17,20,22H,4-7,9-10H2,(H,21,23). The molecule has 5 heteroatoms. The molecule has 0 radical (unpaired) electrons. The summed E-state index contributed by atoms with van der Waals surface area (Å²) < 4.78 is 0. The van der Waals surface area contributed by atoms with Crippen LogP contribution in [-0.2, 0) is 0 Å². The molecule has 0 spiro atoms. The van der Waals surface area contributed by atoms with Crippen molar-refractivity contribution in [1.29, 1.82) is 5.26 Å². The lowest BCUT2D eigenvalue weighted by molar-refractivity contribution is 0.00919. The topological polar surface area (TPSA) is 85.2 Å². The van der Waals surface area contributed by atoms with E-state index in [9.17, 15) is 9.90 Å². The zero-order valence-corrected chi connectivity index (χ0v) is 13.2. The lowest BCUT2D eigenvalue weighted by Gasteiger charge is -2.43. The van der Waals surface area contributed by atoms with Gasteiger partial charge < -0.3 is 15.7 Å². The van der Waals surface area contributed by atoms with Gasteiger partial charge in [0.15, 0.2) is 0 Å². The Balaban J connectivity index is 1.71. The summed E-state index contributed by atoms with van der Waals surface area (Å²) in [4.78, 5) is 12.6. The third kappa shape index (κ3) is 3.72. The molecule has 1 saturated carbocycles. The summed E-state index contributed by atoms with van der Waals surface area (Å²) in [6.45, 7) is 1.96. The highest BCUT2D eigenvalue weighted by molar-refractivity contribution is 5.94. The van der Waals surface area contributed by atoms with E-state index in [2.05, 4.69) is 16.7 Å². The normalized spacial score (nSPS) is 25.9. The third-order valence-corrected chi connectivity index (χ3v) is 5.10. The van der Waals surface area contributed by atoms with Crippen molar-refractivity contribution in [3.8, 4) is 6.07 Å². The van der Waals surface area contributed by atoms with Crippen molar-refractivity contribution in [3.05, 3.63) is 35.4 Å². The summed E-state index contributed by atoms with van der Waals surface area (Å²) in [7, 11) is 0. The van der Waals surface area contributed by atoms with E-state index in [-0.39, 0.29) is 18.1 Å². The van der Waals surface area contributed by atoms with Crippen molar-refractivity contribution in [3.63, 3.8) is 0 Å². The number of benzene rings is 1. The Hall–Kier alpha value is -1.90. The molecule has 1 aliphatic heterocycles. The van der Waals surface area contributed by atoms with Gasteiger partial charge in [-0.1, -0.05) is 6.07 Å². The van der Waals surface area contributed by atoms with Gasteiger partial charge in [-0.05, 0) is 68.8 Å². The molecule has 1 saturated heterocycles. The fraction of sp³-hybridized carbons (Fsp3) is 0.556. The molecule has 1 aromatic rings. The quantitative estimate of drug-likeness (QED) is 0.785. The monoisotopic (exact) mass is 313 g/mol. The second-order valence-corrected chi connectivity index (χ2v) is 6.66. The number of piperidine rings is 1. The Labute approximate surface area is 136 Å². The van der Waals surface area contributed by atoms with E-state index in [0.717, 1.165) is 38.8 Å². The van der Waals surface area contributed by atoms with Crippen LogP contribution in [-0.4, -0.2) is 36.2 Å². The zero-order chi connectivity index (χ0) is 16.2. The minimum atomic E-state index is -0.219. The van der Waals surface area contributed by atoms with Crippen molar-refractivity contribution in [2.45, 2.75) is 37.8 Å². The molecule has 1 heterocycles. The molecule has 3 N–H and O–H groups in total. The van der Waals surface area contributed by atoms with E-state index in [1.54, 1.807) is 24.3 Å². The number of nitriles is 1. The number of aliphatic hydroxyl groups is 1. The molecule has 1 aromatic carbocycles. The van der Waals surface area contributed by atoms with Crippen LogP contribution < -0.4 is 10.6 Å². The minimum Gasteiger partial charge on any atom is -0.393 e. The van der Waals surface area contributed by atoms with Gasteiger partial charge in [-0.3, -0.25) is 4.79 Å². The maximum Gasteiger partial charge on any atom is 0.251 e. The van der Waals surface area contributed by atoms with Gasteiger partial charge in [0.25, 0.3) is 5.91 Å². The molecule has 1 aliphatic carbocycles. The largest absolute Gasteiger partial charge is 0.393 e. The predicted molar refractivity (Wildman–Crippen MR) is 86.7 cm³/mol. The first kappa shape index (κ1) is 16.0. The van der Waals surface area contributed by atoms with E-state index in [4.69, 9.17) is 5.26 Å². The summed E-state index contributed by atoms with van der Waals surface area (Å²) in [6, 6.07) is 8.98. The number of rotatable bonds is 4. The van der Waals surface area contributed by atoms with Crippen LogP contribution in [0, 0.1) is 23.2 Å². The molecule has 0 bridgehead atoms. The van der Waals surface area contributed by atoms with Gasteiger partial charge in [0.2, 0.25) is 0 Å². The third-order valence-electron chi connectivity index (χ3n) is 5.10. The van der Waals surface area contributed by atoms with Crippen molar-refractivity contribution in [2.24, 2.45) is 11.8 Å². The van der Waals surface area contributed by atoms with Crippen LogP contribution in [0.15, 0.2) is 24.3 Å². The minimum absolute atomic E-state index is 0.110. The lowest BCUT2D eigenvalue weighted by atomic mass is 9.71. The SMILES string of the molecule is N#Cc1cccc(C(=O)NC(C2CCNCC2)C2CC(O)C2)c1. The molecule has 5 nitrogen and oxygen atoms in total. The van der Waals surface area contributed by atoms with Crippen molar-refractivity contribution < 1.29 is 9.90 Å². The Morgan fingerprint density at radius 2 is 2.04 bits per heavy atom. The molecular weight excluding hydrogens is 290 g/mol. The summed E-state index contributed by atoms with van der Waals surface area (Å²) in [6.07, 6.45) is 3.43. The van der Waals surface area contributed by atoms with Crippen molar-refractivity contribution >= 4 is 5.91 Å². The first-order chi connectivity index (χ1) is 11.2. The number of hydrogen-bond acceptors (Lipinski definition) is 4. The summed E-state index contributed by atoms with van der Waals surface area (Å²) in [5.41, 5.74) is 1.03. The van der Waals surface area contributed by atoms with Gasteiger partial charge in [-0.2, -0.15) is 5.26 Å². The second-order valence-electron chi connectivity index (χ2n) is 6.66. The first-order valence-corrected chi connectivity index (χ1v) is 8.37. The molecule has 1 atom stereocenters. The average molecular weight is 313 g/mol. The van der Waals surface area contributed by atoms with Gasteiger partial charge in [0.1, 0.15) is 0 Å². The van der Waals surface area contributed by atoms with Crippen molar-refractivity contribution in [2.75, 3.05) is 13.1 Å². The van der Waals surface area contributed by atoms with Gasteiger partial charge in [0.05, 0.1) is 17.7 Å². The highest BCUT2D eigenvalue weighted by Crippen LogP contribution is 2.35. The molecular formula is C18H23N3O2. The fourth-order valence-electron chi connectivity index (χ4n) is 3.71. The van der Waals surface area contributed by atoms with Gasteiger partial charge in [0, 0.05) is 11.6 Å². The number of carbonyl (C=O) groups is 1. The Morgan fingerprint density at radius 1 is 1.30 bits per heavy atom. The Morgan fingerprint density at radius 3 is 2.70 bits per heavy atom. The molecule has 0 aromatic heterocycles. The Kier molecular flexibility index (Phi) is 4.94. The van der Waals surface area contributed by atoms with Gasteiger partial charge in [-0.15, -0.1) is 0 Å². The molecule has 23 heavy (non-hydrogen) atoms. The van der Waals surface area contributed by atoms with Gasteiger partial charge in [-0.25, -0.2) is 0 Å². The number of hydrogen-bond donors (Lipinski definition) is 3. The predicted octanol–water partition coefficient (Wildman–Crippen LogP) is 1.43. The smallest absolute Gasteiger partial charge is 0.251 e. The number of nitrogens with one attached hydrogen (secondary N) is 2. The summed E-state index contributed by atoms with van der Waals surface area (Å²) >= 11 is 0. The molecule has 2 aliphatic rings. The maximum absolute atomic E-state index is 12.6. The van der Waals surface area contributed by atoms with Crippen LogP contribution in [0.1, 0.15) is 41.6 Å². The first-order valence-electron chi connectivity index (χ1n) is 8.37. The number of nitrogens with zero attached hydrogens (tertiary/aromatic N) is 1. The molecule has 1 amide bonds. The highest BCUT2D eigenvalue weighted by Gasteiger charge is 2.39. The van der Waals surface area contributed by atoms with E-state index in [1.807, 2.05) is 0 Å². The average Bonchev–Trinajstić information content (AvgIpc) is 2.58. The van der Waals surface area contributed by atoms with Crippen LogP contribution >= 0.6 is 0 Å². The van der Waals surface area contributed by atoms with Crippen LogP contribution in [0.25, 0.3) is 0 Å². The Bertz CT molecular complexity index is 599. The van der Waals surface area contributed by atoms with Crippen LogP contribution in [0.2, 0.25) is 0 Å². The number of carbonyl (C=O) groups excluding carboxylic acids is 1. The fourth-order valence-corrected chi connectivity index (χ4v) is 3.71. The van der Waals surface area contributed by atoms with Crippen LogP contribution in [0.5, 0.6) is 0 Å². The highest BCUT2D eigenvalue weighted by atomic mass is 16.3. The molecule has 2 fully saturated rings. The second kappa shape index (κ2) is 7.12. The summed E-state index contributed by atoms with van der Waals surface area (Å²) in [5, 5.41) is 25.1. The van der Waals surface area contributed by atoms with E-state index in [1.165, 1.54) is 0 Å². The van der Waals surface area contributed by atoms with Gasteiger partial charge >= 0.3 is 0 Å². The lowest BCUT2D eigenvalue weighted by Crippen LogP contribution is -2.52. The molecule has 1 unspecified atom stereocenters. The number of aliphatic hydroxyl groups excluding tert-OH is 1. The molecule has 3 rings (SSSR count). The van der Waals surface area contributed by atoms with Crippen LogP contribution in [0.3, 0.4) is 0 Å². The van der Waals surface area contributed by atoms with E-state index < -0.39 is 0 Å².